The van der Waals surface area contributed by atoms with Crippen LogP contribution in [0.3, 0.4) is 0 Å². The van der Waals surface area contributed by atoms with Crippen molar-refractivity contribution in [3.63, 3.8) is 0 Å². The smallest absolute Gasteiger partial charge is 0.215 e. The highest BCUT2D eigenvalue weighted by Crippen LogP contribution is 2.39. The van der Waals surface area contributed by atoms with Crippen molar-refractivity contribution in [1.82, 2.24) is 9.97 Å². The van der Waals surface area contributed by atoms with E-state index < -0.39 is 0 Å². The van der Waals surface area contributed by atoms with Crippen LogP contribution in [0.15, 0.2) is 24.2 Å². The van der Waals surface area contributed by atoms with Gasteiger partial charge >= 0.3 is 0 Å². The van der Waals surface area contributed by atoms with Crippen molar-refractivity contribution in [3.8, 4) is 11.5 Å². The Morgan fingerprint density at radius 1 is 1.24 bits per heavy atom. The molecule has 0 aliphatic carbocycles. The number of hydrogen-bond acceptors (Lipinski definition) is 5. The first-order valence-electron chi connectivity index (χ1n) is 6.43. The van der Waals surface area contributed by atoms with Gasteiger partial charge in [-0.3, -0.25) is 4.79 Å². The highest BCUT2D eigenvalue weighted by molar-refractivity contribution is 6.22. The van der Waals surface area contributed by atoms with Crippen molar-refractivity contribution in [2.45, 2.75) is 6.92 Å². The minimum atomic E-state index is -0.119. The summed E-state index contributed by atoms with van der Waals surface area (Å²) in [6.07, 6.45) is 3.32. The molecule has 2 heterocycles. The molecule has 0 radical (unpaired) electrons. The number of rotatable bonds is 3. The fourth-order valence-corrected chi connectivity index (χ4v) is 2.29. The summed E-state index contributed by atoms with van der Waals surface area (Å²) in [6, 6.07) is 3.47. The first kappa shape index (κ1) is 13.2. The Balaban J connectivity index is 2.06. The van der Waals surface area contributed by atoms with Crippen LogP contribution in [-0.2, 0) is 0 Å². The number of anilines is 1. The predicted octanol–water partition coefficient (Wildman–Crippen LogP) is 2.38. The molecular weight excluding hydrogens is 270 g/mol. The number of allylic oxidation sites excluding steroid dienone is 1. The third-order valence-corrected chi connectivity index (χ3v) is 3.42. The largest absolute Gasteiger partial charge is 0.497 e. The van der Waals surface area contributed by atoms with Crippen molar-refractivity contribution < 1.29 is 14.3 Å². The Hall–Kier alpha value is -2.76. The molecule has 108 valence electrons. The summed E-state index contributed by atoms with van der Waals surface area (Å²) in [6.45, 7) is 1.90. The maximum atomic E-state index is 12.5. The Bertz CT molecular complexity index is 747. The molecule has 0 saturated carbocycles. The lowest BCUT2D eigenvalue weighted by molar-refractivity contribution is 0.104. The topological polar surface area (TPSA) is 76.2 Å². The average Bonchev–Trinajstić information content (AvgIpc) is 3.03. The third-order valence-electron chi connectivity index (χ3n) is 3.42. The number of hydrogen-bond donors (Lipinski definition) is 2. The zero-order valence-electron chi connectivity index (χ0n) is 12.0. The average molecular weight is 285 g/mol. The minimum absolute atomic E-state index is 0.119. The van der Waals surface area contributed by atoms with Crippen LogP contribution >= 0.6 is 0 Å². The maximum absolute atomic E-state index is 12.5. The number of aromatic nitrogens is 2. The van der Waals surface area contributed by atoms with Gasteiger partial charge in [0.1, 0.15) is 11.5 Å². The summed E-state index contributed by atoms with van der Waals surface area (Å²) >= 11 is 0. The minimum Gasteiger partial charge on any atom is -0.497 e. The summed E-state index contributed by atoms with van der Waals surface area (Å²) in [5.41, 5.74) is 3.28. The molecular formula is C15H15N3O3. The fraction of sp³-hybridized carbons (Fsp3) is 0.200. The molecule has 0 atom stereocenters. The standard InChI is InChI=1S/C15H15N3O3/c1-8-10(17-7-16-8)6-12-15(19)14-11(18-12)4-9(20-2)5-13(14)21-3/h4-7,18H,1-3H3,(H,16,17)/b12-6-. The van der Waals surface area contributed by atoms with Gasteiger partial charge in [0, 0.05) is 17.8 Å². The summed E-state index contributed by atoms with van der Waals surface area (Å²) in [7, 11) is 3.10. The second-order valence-corrected chi connectivity index (χ2v) is 4.68. The molecule has 1 aliphatic heterocycles. The van der Waals surface area contributed by atoms with E-state index in [0.29, 0.717) is 28.4 Å². The van der Waals surface area contributed by atoms with Gasteiger partial charge < -0.3 is 19.8 Å². The monoisotopic (exact) mass is 285 g/mol. The molecule has 2 N–H and O–H groups in total. The lowest BCUT2D eigenvalue weighted by atomic mass is 10.1. The highest BCUT2D eigenvalue weighted by atomic mass is 16.5. The molecule has 1 aromatic heterocycles. The number of carbonyl (C=O) groups is 1. The van der Waals surface area contributed by atoms with Gasteiger partial charge in [-0.25, -0.2) is 4.98 Å². The second kappa shape index (κ2) is 4.97. The summed E-state index contributed by atoms with van der Waals surface area (Å²) in [5, 5.41) is 3.10. The molecule has 0 saturated heterocycles. The van der Waals surface area contributed by atoms with Crippen molar-refractivity contribution in [2.75, 3.05) is 19.5 Å². The molecule has 6 nitrogen and oxygen atoms in total. The number of ketones is 1. The van der Waals surface area contributed by atoms with E-state index in [2.05, 4.69) is 15.3 Å². The van der Waals surface area contributed by atoms with Crippen molar-refractivity contribution in [3.05, 3.63) is 41.1 Å². The number of methoxy groups -OCH3 is 2. The molecule has 21 heavy (non-hydrogen) atoms. The number of aromatic amines is 1. The van der Waals surface area contributed by atoms with E-state index in [4.69, 9.17) is 9.47 Å². The van der Waals surface area contributed by atoms with Crippen LogP contribution in [0.25, 0.3) is 6.08 Å². The van der Waals surface area contributed by atoms with Crippen LogP contribution in [0.2, 0.25) is 0 Å². The Morgan fingerprint density at radius 2 is 2.05 bits per heavy atom. The number of aryl methyl sites for hydroxylation is 1. The Morgan fingerprint density at radius 3 is 2.67 bits per heavy atom. The molecule has 0 amide bonds. The Kier molecular flexibility index (Phi) is 3.13. The van der Waals surface area contributed by atoms with Crippen LogP contribution < -0.4 is 14.8 Å². The normalized spacial score (nSPS) is 15.0. The van der Waals surface area contributed by atoms with Gasteiger partial charge in [-0.1, -0.05) is 0 Å². The molecule has 0 unspecified atom stereocenters. The van der Waals surface area contributed by atoms with Crippen LogP contribution in [-0.4, -0.2) is 30.0 Å². The zero-order chi connectivity index (χ0) is 15.0. The third kappa shape index (κ3) is 2.14. The molecule has 0 fully saturated rings. The van der Waals surface area contributed by atoms with Crippen molar-refractivity contribution in [1.29, 1.82) is 0 Å². The summed E-state index contributed by atoms with van der Waals surface area (Å²) < 4.78 is 10.5. The molecule has 1 aromatic carbocycles. The van der Waals surface area contributed by atoms with E-state index in [1.165, 1.54) is 7.11 Å². The van der Waals surface area contributed by atoms with Gasteiger partial charge in [0.05, 0.1) is 43.2 Å². The van der Waals surface area contributed by atoms with E-state index in [1.807, 2.05) is 6.92 Å². The van der Waals surface area contributed by atoms with E-state index in [-0.39, 0.29) is 5.78 Å². The number of Topliss-reactive ketones (excluding diaryl/α,β-unsaturated/α-hetero) is 1. The molecule has 0 bridgehead atoms. The highest BCUT2D eigenvalue weighted by Gasteiger charge is 2.29. The van der Waals surface area contributed by atoms with Crippen molar-refractivity contribution in [2.24, 2.45) is 0 Å². The summed E-state index contributed by atoms with van der Waals surface area (Å²) in [4.78, 5) is 19.7. The number of nitrogens with zero attached hydrogens (tertiary/aromatic N) is 1. The van der Waals surface area contributed by atoms with Gasteiger partial charge in [0.2, 0.25) is 5.78 Å². The van der Waals surface area contributed by atoms with Gasteiger partial charge in [-0.15, -0.1) is 0 Å². The molecule has 1 aliphatic rings. The lowest BCUT2D eigenvalue weighted by Crippen LogP contribution is -2.01. The number of fused-ring (bicyclic) bond motifs is 1. The predicted molar refractivity (Wildman–Crippen MR) is 78.8 cm³/mol. The second-order valence-electron chi connectivity index (χ2n) is 4.68. The first-order valence-corrected chi connectivity index (χ1v) is 6.43. The summed E-state index contributed by atoms with van der Waals surface area (Å²) in [5.74, 6) is 0.999. The van der Waals surface area contributed by atoms with Gasteiger partial charge in [0.15, 0.2) is 0 Å². The lowest BCUT2D eigenvalue weighted by Gasteiger charge is -2.08. The van der Waals surface area contributed by atoms with E-state index in [9.17, 15) is 4.79 Å². The van der Waals surface area contributed by atoms with Gasteiger partial charge in [-0.2, -0.15) is 0 Å². The number of H-pyrrole nitrogens is 1. The maximum Gasteiger partial charge on any atom is 0.215 e. The molecule has 6 heteroatoms. The first-order chi connectivity index (χ1) is 10.1. The van der Waals surface area contributed by atoms with Crippen LogP contribution in [0.1, 0.15) is 21.7 Å². The van der Waals surface area contributed by atoms with Gasteiger partial charge in [-0.05, 0) is 13.0 Å². The van der Waals surface area contributed by atoms with Crippen LogP contribution in [0.5, 0.6) is 11.5 Å². The van der Waals surface area contributed by atoms with Crippen LogP contribution in [0, 0.1) is 6.92 Å². The van der Waals surface area contributed by atoms with E-state index in [0.717, 1.165) is 11.4 Å². The van der Waals surface area contributed by atoms with Crippen molar-refractivity contribution >= 4 is 17.5 Å². The zero-order valence-corrected chi connectivity index (χ0v) is 12.0. The number of imidazole rings is 1. The van der Waals surface area contributed by atoms with Gasteiger partial charge in [0.25, 0.3) is 0 Å². The van der Waals surface area contributed by atoms with Crippen LogP contribution in [0.4, 0.5) is 5.69 Å². The SMILES string of the molecule is COc1cc2c(c(OC)c1)C(=O)/C(=C/c1nc[nH]c1C)N2. The Labute approximate surface area is 121 Å². The molecule has 0 spiro atoms. The number of ether oxygens (including phenoxy) is 2. The fourth-order valence-electron chi connectivity index (χ4n) is 2.29. The van der Waals surface area contributed by atoms with E-state index in [1.54, 1.807) is 31.6 Å². The molecule has 3 rings (SSSR count). The number of nitrogens with one attached hydrogen (secondary N) is 2. The number of carbonyl (C=O) groups excluding carboxylic acids is 1. The van der Waals surface area contributed by atoms with E-state index >= 15 is 0 Å². The molecule has 2 aromatic rings. The quantitative estimate of drug-likeness (QED) is 0.847. The number of benzene rings is 1.